The largest absolute Gasteiger partial charge is 0.497 e. The van der Waals surface area contributed by atoms with E-state index in [0.717, 1.165) is 5.56 Å². The first-order valence-electron chi connectivity index (χ1n) is 11.1. The van der Waals surface area contributed by atoms with Gasteiger partial charge in [-0.2, -0.15) is 4.98 Å². The summed E-state index contributed by atoms with van der Waals surface area (Å²) in [4.78, 5) is 35.2. The fourth-order valence-corrected chi connectivity index (χ4v) is 4.32. The third-order valence-electron chi connectivity index (χ3n) is 5.14. The SMILES string of the molecule is COc1ccc(C(=O)COP(COCCn2cnc3c(=O)[nH]c(N)nc32)OCc2ccccc2)cc1. The number of carbonyl (C=O) groups is 1. The Hall–Kier alpha value is -3.63. The van der Waals surface area contributed by atoms with Crippen molar-refractivity contribution in [3.8, 4) is 5.75 Å². The van der Waals surface area contributed by atoms with Crippen molar-refractivity contribution in [1.29, 1.82) is 0 Å². The molecule has 0 radical (unpaired) electrons. The lowest BCUT2D eigenvalue weighted by Gasteiger charge is -2.17. The number of ether oxygens (including phenoxy) is 2. The number of benzene rings is 2. The molecule has 1 unspecified atom stereocenters. The summed E-state index contributed by atoms with van der Waals surface area (Å²) in [6.07, 6.45) is 1.66. The molecule has 0 saturated heterocycles. The van der Waals surface area contributed by atoms with Crippen LogP contribution in [0.4, 0.5) is 5.95 Å². The van der Waals surface area contributed by atoms with E-state index in [2.05, 4.69) is 15.0 Å². The molecule has 0 bridgehead atoms. The van der Waals surface area contributed by atoms with Gasteiger partial charge in [0.05, 0.1) is 26.7 Å². The number of anilines is 1. The van der Waals surface area contributed by atoms with E-state index in [-0.39, 0.29) is 36.8 Å². The Morgan fingerprint density at radius 3 is 2.64 bits per heavy atom. The summed E-state index contributed by atoms with van der Waals surface area (Å²) < 4.78 is 24.4. The van der Waals surface area contributed by atoms with E-state index in [9.17, 15) is 9.59 Å². The van der Waals surface area contributed by atoms with Crippen LogP contribution < -0.4 is 16.0 Å². The summed E-state index contributed by atoms with van der Waals surface area (Å²) in [6, 6.07) is 16.5. The molecule has 3 N–H and O–H groups in total. The van der Waals surface area contributed by atoms with Gasteiger partial charge in [-0.3, -0.25) is 14.6 Å². The first-order chi connectivity index (χ1) is 17.5. The second kappa shape index (κ2) is 12.4. The molecule has 1 atom stereocenters. The van der Waals surface area contributed by atoms with Crippen molar-refractivity contribution < 1.29 is 23.3 Å². The molecule has 0 amide bonds. The number of nitrogens with two attached hydrogens (primary N) is 1. The van der Waals surface area contributed by atoms with E-state index in [4.69, 9.17) is 24.3 Å². The van der Waals surface area contributed by atoms with Crippen molar-refractivity contribution in [3.05, 3.63) is 82.4 Å². The Labute approximate surface area is 208 Å². The number of nitrogen functional groups attached to an aromatic ring is 1. The monoisotopic (exact) mass is 511 g/mol. The zero-order valence-electron chi connectivity index (χ0n) is 19.6. The number of hydrogen-bond acceptors (Lipinski definition) is 9. The molecule has 11 nitrogen and oxygen atoms in total. The Balaban J connectivity index is 1.33. The van der Waals surface area contributed by atoms with Gasteiger partial charge in [0.2, 0.25) is 5.95 Å². The van der Waals surface area contributed by atoms with Crippen LogP contribution in [0.15, 0.2) is 65.7 Å². The molecule has 2 aromatic heterocycles. The van der Waals surface area contributed by atoms with Crippen molar-refractivity contribution in [1.82, 2.24) is 19.5 Å². The first-order valence-corrected chi connectivity index (χ1v) is 12.4. The average molecular weight is 511 g/mol. The Morgan fingerprint density at radius 2 is 1.89 bits per heavy atom. The topological polar surface area (TPSA) is 144 Å². The molecule has 0 fully saturated rings. The minimum atomic E-state index is -1.51. The quantitative estimate of drug-likeness (QED) is 0.157. The smallest absolute Gasteiger partial charge is 0.280 e. The van der Waals surface area contributed by atoms with Gasteiger partial charge in [0.25, 0.3) is 5.56 Å². The lowest BCUT2D eigenvalue weighted by molar-refractivity contribution is 0.0896. The van der Waals surface area contributed by atoms with Gasteiger partial charge in [-0.1, -0.05) is 30.3 Å². The summed E-state index contributed by atoms with van der Waals surface area (Å²) in [5.74, 6) is 0.512. The predicted octanol–water partition coefficient (Wildman–Crippen LogP) is 3.11. The van der Waals surface area contributed by atoms with Gasteiger partial charge in [-0.05, 0) is 29.8 Å². The number of Topliss-reactive ketones (excluding diaryl/α,β-unsaturated/α-hetero) is 1. The molecule has 0 aliphatic heterocycles. The second-order valence-electron chi connectivity index (χ2n) is 7.62. The number of methoxy groups -OCH3 is 1. The summed E-state index contributed by atoms with van der Waals surface area (Å²) in [5, 5.41) is 0. The van der Waals surface area contributed by atoms with Gasteiger partial charge >= 0.3 is 0 Å². The number of ketones is 1. The van der Waals surface area contributed by atoms with Crippen LogP contribution in [0.3, 0.4) is 0 Å². The summed E-state index contributed by atoms with van der Waals surface area (Å²) >= 11 is 0. The number of H-pyrrole nitrogens is 1. The number of aromatic amines is 1. The molecule has 0 saturated carbocycles. The molecular weight excluding hydrogens is 485 g/mol. The minimum absolute atomic E-state index is 0.0166. The van der Waals surface area contributed by atoms with Crippen LogP contribution >= 0.6 is 8.38 Å². The molecule has 188 valence electrons. The lowest BCUT2D eigenvalue weighted by atomic mass is 10.1. The van der Waals surface area contributed by atoms with Gasteiger partial charge < -0.3 is 28.8 Å². The van der Waals surface area contributed by atoms with Crippen molar-refractivity contribution >= 4 is 31.3 Å². The normalized spacial score (nSPS) is 12.0. The molecule has 0 aliphatic rings. The van der Waals surface area contributed by atoms with Crippen LogP contribution in [0.1, 0.15) is 15.9 Å². The highest BCUT2D eigenvalue weighted by Gasteiger charge is 2.16. The standard InChI is InChI=1S/C24H26N5O6P/c1-32-19-9-7-18(8-10-19)20(30)14-35-36(34-13-17-5-3-2-4-6-17)16-33-12-11-29-15-26-21-22(29)27-24(25)28-23(21)31/h2-10,15H,11-14,16H2,1H3,(H3,25,27,28,31). The number of nitrogens with zero attached hydrogens (tertiary/aromatic N) is 3. The van der Waals surface area contributed by atoms with E-state index < -0.39 is 13.9 Å². The lowest BCUT2D eigenvalue weighted by Crippen LogP contribution is -2.13. The number of carbonyl (C=O) groups excluding carboxylic acids is 1. The zero-order valence-corrected chi connectivity index (χ0v) is 20.5. The maximum absolute atomic E-state index is 12.6. The molecule has 36 heavy (non-hydrogen) atoms. The van der Waals surface area contributed by atoms with Crippen LogP contribution in [0.2, 0.25) is 0 Å². The Morgan fingerprint density at radius 1 is 1.11 bits per heavy atom. The summed E-state index contributed by atoms with van der Waals surface area (Å²) in [6.45, 7) is 0.848. The number of imidazole rings is 1. The third kappa shape index (κ3) is 6.73. The molecule has 4 aromatic rings. The first kappa shape index (κ1) is 25.5. The number of fused-ring (bicyclic) bond motifs is 1. The van der Waals surface area contributed by atoms with Gasteiger partial charge in [0, 0.05) is 12.1 Å². The van der Waals surface area contributed by atoms with E-state index in [1.54, 1.807) is 35.9 Å². The number of nitrogens with one attached hydrogen (secondary N) is 1. The highest BCUT2D eigenvalue weighted by atomic mass is 31.2. The maximum atomic E-state index is 12.6. The fraction of sp³-hybridized carbons (Fsp3) is 0.250. The predicted molar refractivity (Wildman–Crippen MR) is 135 cm³/mol. The molecule has 2 aromatic carbocycles. The fourth-order valence-electron chi connectivity index (χ4n) is 3.26. The van der Waals surface area contributed by atoms with Crippen LogP contribution in [0.5, 0.6) is 5.75 Å². The van der Waals surface area contributed by atoms with Crippen LogP contribution in [0.25, 0.3) is 11.2 Å². The molecule has 0 aliphatic carbocycles. The number of hydrogen-bond donors (Lipinski definition) is 2. The van der Waals surface area contributed by atoms with Crippen molar-refractivity contribution in [2.75, 3.05) is 32.4 Å². The molecule has 12 heteroatoms. The summed E-state index contributed by atoms with van der Waals surface area (Å²) in [5.41, 5.74) is 7.32. The van der Waals surface area contributed by atoms with E-state index >= 15 is 0 Å². The average Bonchev–Trinajstić information content (AvgIpc) is 3.31. The Bertz CT molecular complexity index is 1340. The van der Waals surface area contributed by atoms with Crippen LogP contribution in [-0.4, -0.2) is 52.0 Å². The van der Waals surface area contributed by atoms with Gasteiger partial charge in [0.15, 0.2) is 25.3 Å². The van der Waals surface area contributed by atoms with E-state index in [0.29, 0.717) is 30.1 Å². The second-order valence-corrected chi connectivity index (χ2v) is 9.06. The molecular formula is C24H26N5O6P. The minimum Gasteiger partial charge on any atom is -0.497 e. The van der Waals surface area contributed by atoms with Gasteiger partial charge in [0.1, 0.15) is 18.7 Å². The third-order valence-corrected chi connectivity index (χ3v) is 6.36. The zero-order chi connectivity index (χ0) is 25.3. The number of rotatable bonds is 13. The van der Waals surface area contributed by atoms with Crippen molar-refractivity contribution in [2.24, 2.45) is 0 Å². The number of aromatic nitrogens is 4. The molecule has 4 rings (SSSR count). The maximum Gasteiger partial charge on any atom is 0.280 e. The molecule has 0 spiro atoms. The highest BCUT2D eigenvalue weighted by Crippen LogP contribution is 2.39. The highest BCUT2D eigenvalue weighted by molar-refractivity contribution is 7.47. The van der Waals surface area contributed by atoms with Gasteiger partial charge in [-0.15, -0.1) is 0 Å². The van der Waals surface area contributed by atoms with Crippen LogP contribution in [0, 0.1) is 0 Å². The Kier molecular flexibility index (Phi) is 8.75. The van der Waals surface area contributed by atoms with E-state index in [1.807, 2.05) is 30.3 Å². The van der Waals surface area contributed by atoms with Crippen molar-refractivity contribution in [3.63, 3.8) is 0 Å². The van der Waals surface area contributed by atoms with Crippen LogP contribution in [-0.2, 0) is 26.9 Å². The van der Waals surface area contributed by atoms with Crippen molar-refractivity contribution in [2.45, 2.75) is 13.2 Å². The van der Waals surface area contributed by atoms with E-state index in [1.165, 1.54) is 6.33 Å². The molecule has 2 heterocycles. The summed E-state index contributed by atoms with van der Waals surface area (Å²) in [7, 11) is 0.0539. The van der Waals surface area contributed by atoms with Gasteiger partial charge in [-0.25, -0.2) is 4.98 Å².